The van der Waals surface area contributed by atoms with Gasteiger partial charge < -0.3 is 10.2 Å². The van der Waals surface area contributed by atoms with Crippen LogP contribution in [0.15, 0.2) is 43.7 Å². The van der Waals surface area contributed by atoms with Crippen molar-refractivity contribution in [3.05, 3.63) is 65.3 Å². The second kappa shape index (κ2) is 12.9. The molecule has 0 saturated heterocycles. The first kappa shape index (κ1) is 27.7. The van der Waals surface area contributed by atoms with E-state index in [0.29, 0.717) is 22.5 Å². The summed E-state index contributed by atoms with van der Waals surface area (Å²) in [6.07, 6.45) is 5.79. The standard InChI is InChI=1S/C25H28Br3N5O2/c1-4-32(5-2)12-6-7-16(3)29-25-20-15-18(33(34)35)8-10-23(20)30-24(31-25)11-9-19-21(27)13-17(26)14-22(19)28/h8-11,13-16H,4-7,12H2,1-3H3,(H,29,30,31). The van der Waals surface area contributed by atoms with E-state index in [1.54, 1.807) is 6.07 Å². The normalized spacial score (nSPS) is 12.5. The number of anilines is 1. The smallest absolute Gasteiger partial charge is 0.270 e. The number of rotatable bonds is 11. The van der Waals surface area contributed by atoms with Crippen molar-refractivity contribution in [2.24, 2.45) is 0 Å². The highest BCUT2D eigenvalue weighted by Gasteiger charge is 2.15. The van der Waals surface area contributed by atoms with E-state index in [1.165, 1.54) is 12.1 Å². The van der Waals surface area contributed by atoms with Gasteiger partial charge in [0, 0.05) is 42.5 Å². The summed E-state index contributed by atoms with van der Waals surface area (Å²) in [6, 6.07) is 8.77. The topological polar surface area (TPSA) is 84.2 Å². The Morgan fingerprint density at radius 3 is 2.40 bits per heavy atom. The first-order valence-electron chi connectivity index (χ1n) is 11.5. The van der Waals surface area contributed by atoms with Crippen molar-refractivity contribution in [2.75, 3.05) is 25.0 Å². The summed E-state index contributed by atoms with van der Waals surface area (Å²) in [5.74, 6) is 1.12. The van der Waals surface area contributed by atoms with Crippen molar-refractivity contribution < 1.29 is 4.92 Å². The SMILES string of the molecule is CCN(CC)CCCC(C)Nc1nc(C=Cc2c(Br)cc(Br)cc2Br)nc2ccc([N+](=O)[O-])cc12. The van der Waals surface area contributed by atoms with Gasteiger partial charge >= 0.3 is 0 Å². The van der Waals surface area contributed by atoms with Crippen LogP contribution in [0.2, 0.25) is 0 Å². The molecule has 0 saturated carbocycles. The molecule has 1 heterocycles. The van der Waals surface area contributed by atoms with Gasteiger partial charge in [0.1, 0.15) is 5.82 Å². The number of non-ortho nitro benzene ring substituents is 1. The lowest BCUT2D eigenvalue weighted by atomic mass is 10.1. The maximum atomic E-state index is 11.4. The molecule has 35 heavy (non-hydrogen) atoms. The average Bonchev–Trinajstić information content (AvgIpc) is 2.81. The molecule has 0 amide bonds. The molecule has 3 aromatic rings. The Balaban J connectivity index is 1.92. The Hall–Kier alpha value is -1.88. The van der Waals surface area contributed by atoms with Crippen molar-refractivity contribution in [3.8, 4) is 0 Å². The Morgan fingerprint density at radius 2 is 1.77 bits per heavy atom. The quantitative estimate of drug-likeness (QED) is 0.165. The number of nitro groups is 1. The van der Waals surface area contributed by atoms with Gasteiger partial charge in [-0.05, 0) is 69.8 Å². The van der Waals surface area contributed by atoms with E-state index >= 15 is 0 Å². The van der Waals surface area contributed by atoms with Gasteiger partial charge in [-0.1, -0.05) is 61.6 Å². The largest absolute Gasteiger partial charge is 0.367 e. The number of nitrogens with zero attached hydrogens (tertiary/aromatic N) is 4. The van der Waals surface area contributed by atoms with Gasteiger partial charge in [-0.25, -0.2) is 9.97 Å². The molecule has 1 aromatic heterocycles. The summed E-state index contributed by atoms with van der Waals surface area (Å²) in [7, 11) is 0. The zero-order valence-electron chi connectivity index (χ0n) is 19.9. The molecule has 0 radical (unpaired) electrons. The second-order valence-electron chi connectivity index (χ2n) is 8.22. The van der Waals surface area contributed by atoms with E-state index < -0.39 is 4.92 Å². The summed E-state index contributed by atoms with van der Waals surface area (Å²) in [5, 5.41) is 15.5. The van der Waals surface area contributed by atoms with Gasteiger partial charge in [0.2, 0.25) is 0 Å². The van der Waals surface area contributed by atoms with Gasteiger partial charge in [0.05, 0.1) is 10.4 Å². The van der Waals surface area contributed by atoms with E-state index in [9.17, 15) is 10.1 Å². The Bertz CT molecular complexity index is 1210. The fourth-order valence-corrected chi connectivity index (χ4v) is 6.29. The first-order chi connectivity index (χ1) is 16.7. The lowest BCUT2D eigenvalue weighted by Gasteiger charge is -2.20. The monoisotopic (exact) mass is 667 g/mol. The van der Waals surface area contributed by atoms with E-state index in [0.717, 1.165) is 51.5 Å². The van der Waals surface area contributed by atoms with Gasteiger partial charge in [-0.3, -0.25) is 10.1 Å². The molecule has 1 atom stereocenters. The van der Waals surface area contributed by atoms with Crippen LogP contribution in [-0.4, -0.2) is 45.5 Å². The maximum absolute atomic E-state index is 11.4. The zero-order valence-corrected chi connectivity index (χ0v) is 24.7. The predicted octanol–water partition coefficient (Wildman–Crippen LogP) is 7.92. The summed E-state index contributed by atoms with van der Waals surface area (Å²) >= 11 is 10.7. The third-order valence-corrected chi connectivity index (χ3v) is 7.51. The lowest BCUT2D eigenvalue weighted by molar-refractivity contribution is -0.384. The highest BCUT2D eigenvalue weighted by molar-refractivity contribution is 9.11. The van der Waals surface area contributed by atoms with Crippen LogP contribution < -0.4 is 5.32 Å². The minimum Gasteiger partial charge on any atom is -0.367 e. The van der Waals surface area contributed by atoms with Crippen LogP contribution in [-0.2, 0) is 0 Å². The molecule has 0 aliphatic heterocycles. The van der Waals surface area contributed by atoms with Crippen LogP contribution in [0.4, 0.5) is 11.5 Å². The number of nitrogens with one attached hydrogen (secondary N) is 1. The summed E-state index contributed by atoms with van der Waals surface area (Å²) in [5.41, 5.74) is 1.63. The van der Waals surface area contributed by atoms with Crippen LogP contribution in [0.1, 0.15) is 45.0 Å². The number of fused-ring (bicyclic) bond motifs is 1. The molecule has 1 unspecified atom stereocenters. The molecule has 0 fully saturated rings. The molecule has 186 valence electrons. The Labute approximate surface area is 230 Å². The fraction of sp³-hybridized carbons (Fsp3) is 0.360. The summed E-state index contributed by atoms with van der Waals surface area (Å²) in [4.78, 5) is 22.7. The minimum atomic E-state index is -0.396. The van der Waals surface area contributed by atoms with Gasteiger partial charge in [-0.15, -0.1) is 0 Å². The number of benzene rings is 2. The molecule has 3 rings (SSSR count). The van der Waals surface area contributed by atoms with Crippen molar-refractivity contribution in [2.45, 2.75) is 39.7 Å². The van der Waals surface area contributed by atoms with Crippen molar-refractivity contribution >= 4 is 82.4 Å². The van der Waals surface area contributed by atoms with Crippen LogP contribution >= 0.6 is 47.8 Å². The van der Waals surface area contributed by atoms with E-state index in [2.05, 4.69) is 83.8 Å². The average molecular weight is 670 g/mol. The Kier molecular flexibility index (Phi) is 10.2. The van der Waals surface area contributed by atoms with Crippen LogP contribution in [0.3, 0.4) is 0 Å². The van der Waals surface area contributed by atoms with Crippen LogP contribution in [0, 0.1) is 10.1 Å². The lowest BCUT2D eigenvalue weighted by Crippen LogP contribution is -2.25. The minimum absolute atomic E-state index is 0.0179. The number of aromatic nitrogens is 2. The highest BCUT2D eigenvalue weighted by atomic mass is 79.9. The number of hydrogen-bond donors (Lipinski definition) is 1. The fourth-order valence-electron chi connectivity index (χ4n) is 3.77. The van der Waals surface area contributed by atoms with Gasteiger partial charge in [0.15, 0.2) is 5.82 Å². The number of nitro benzene ring substituents is 1. The number of halogens is 3. The molecule has 1 N–H and O–H groups in total. The summed E-state index contributed by atoms with van der Waals surface area (Å²) < 4.78 is 2.80. The third kappa shape index (κ3) is 7.55. The molecule has 0 spiro atoms. The molecule has 7 nitrogen and oxygen atoms in total. The van der Waals surface area contributed by atoms with E-state index in [4.69, 9.17) is 4.98 Å². The van der Waals surface area contributed by atoms with Crippen molar-refractivity contribution in [3.63, 3.8) is 0 Å². The maximum Gasteiger partial charge on any atom is 0.270 e. The van der Waals surface area contributed by atoms with Crippen LogP contribution in [0.5, 0.6) is 0 Å². The Morgan fingerprint density at radius 1 is 1.09 bits per heavy atom. The molecule has 0 aliphatic rings. The first-order valence-corrected chi connectivity index (χ1v) is 13.9. The molecule has 0 aliphatic carbocycles. The second-order valence-corrected chi connectivity index (χ2v) is 10.8. The van der Waals surface area contributed by atoms with E-state index in [1.807, 2.05) is 24.3 Å². The highest BCUT2D eigenvalue weighted by Crippen LogP contribution is 2.32. The molecule has 2 aromatic carbocycles. The summed E-state index contributed by atoms with van der Waals surface area (Å²) in [6.45, 7) is 9.58. The zero-order chi connectivity index (χ0) is 25.5. The van der Waals surface area contributed by atoms with Gasteiger partial charge in [0.25, 0.3) is 5.69 Å². The molecule has 0 bridgehead atoms. The van der Waals surface area contributed by atoms with E-state index in [-0.39, 0.29) is 11.7 Å². The third-order valence-electron chi connectivity index (χ3n) is 5.74. The van der Waals surface area contributed by atoms with Crippen molar-refractivity contribution in [1.29, 1.82) is 0 Å². The van der Waals surface area contributed by atoms with Crippen molar-refractivity contribution in [1.82, 2.24) is 14.9 Å². The van der Waals surface area contributed by atoms with Gasteiger partial charge in [-0.2, -0.15) is 0 Å². The molecule has 10 heteroatoms. The van der Waals surface area contributed by atoms with Crippen LogP contribution in [0.25, 0.3) is 23.1 Å². The predicted molar refractivity (Wildman–Crippen MR) is 155 cm³/mol. The number of hydrogen-bond acceptors (Lipinski definition) is 6. The molecular formula is C25H28Br3N5O2. The molecular weight excluding hydrogens is 642 g/mol.